The SMILES string of the molecule is CCNC(=O)CN(C)C(=O)c1cc(S)cs1. The molecule has 1 N–H and O–H groups in total. The maximum Gasteiger partial charge on any atom is 0.264 e. The third-order valence-corrected chi connectivity index (χ3v) is 3.25. The summed E-state index contributed by atoms with van der Waals surface area (Å²) in [5.74, 6) is -0.308. The largest absolute Gasteiger partial charge is 0.355 e. The number of amides is 2. The molecule has 0 aliphatic heterocycles. The maximum absolute atomic E-state index is 11.8. The molecule has 1 heterocycles. The van der Waals surface area contributed by atoms with Crippen molar-refractivity contribution in [2.45, 2.75) is 11.8 Å². The predicted octanol–water partition coefficient (Wildman–Crippen LogP) is 1.24. The first kappa shape index (κ1) is 13.1. The Labute approximate surface area is 104 Å². The van der Waals surface area contributed by atoms with Crippen LogP contribution in [0.4, 0.5) is 0 Å². The van der Waals surface area contributed by atoms with E-state index in [9.17, 15) is 9.59 Å². The van der Waals surface area contributed by atoms with Gasteiger partial charge in [-0.15, -0.1) is 24.0 Å². The van der Waals surface area contributed by atoms with Crippen molar-refractivity contribution in [3.8, 4) is 0 Å². The maximum atomic E-state index is 11.8. The van der Waals surface area contributed by atoms with Crippen LogP contribution in [0.25, 0.3) is 0 Å². The Bertz CT molecular complexity index is 390. The van der Waals surface area contributed by atoms with Gasteiger partial charge in [0.05, 0.1) is 11.4 Å². The highest BCUT2D eigenvalue weighted by Gasteiger charge is 2.15. The van der Waals surface area contributed by atoms with Gasteiger partial charge in [-0.2, -0.15) is 0 Å². The monoisotopic (exact) mass is 258 g/mol. The van der Waals surface area contributed by atoms with Gasteiger partial charge >= 0.3 is 0 Å². The lowest BCUT2D eigenvalue weighted by molar-refractivity contribution is -0.121. The summed E-state index contributed by atoms with van der Waals surface area (Å²) in [5.41, 5.74) is 0. The minimum atomic E-state index is -0.156. The highest BCUT2D eigenvalue weighted by atomic mass is 32.1. The zero-order chi connectivity index (χ0) is 12.1. The van der Waals surface area contributed by atoms with Crippen LogP contribution in [-0.4, -0.2) is 36.9 Å². The van der Waals surface area contributed by atoms with Crippen molar-refractivity contribution in [1.82, 2.24) is 10.2 Å². The van der Waals surface area contributed by atoms with Gasteiger partial charge in [-0.1, -0.05) is 0 Å². The van der Waals surface area contributed by atoms with Crippen molar-refractivity contribution in [3.63, 3.8) is 0 Å². The predicted molar refractivity (Wildman–Crippen MR) is 67.2 cm³/mol. The zero-order valence-electron chi connectivity index (χ0n) is 9.19. The normalized spacial score (nSPS) is 9.94. The Hall–Kier alpha value is -1.01. The minimum absolute atomic E-state index is 0.0759. The van der Waals surface area contributed by atoms with Crippen LogP contribution in [0.5, 0.6) is 0 Å². The highest BCUT2D eigenvalue weighted by Crippen LogP contribution is 2.18. The summed E-state index contributed by atoms with van der Waals surface area (Å²) in [6.07, 6.45) is 0. The summed E-state index contributed by atoms with van der Waals surface area (Å²) < 4.78 is 0. The number of likely N-dealkylation sites (N-methyl/N-ethyl adjacent to an activating group) is 2. The van der Waals surface area contributed by atoms with Crippen LogP contribution in [0.2, 0.25) is 0 Å². The molecule has 2 amide bonds. The summed E-state index contributed by atoms with van der Waals surface area (Å²) in [6, 6.07) is 1.70. The lowest BCUT2D eigenvalue weighted by atomic mass is 10.4. The molecule has 0 aliphatic rings. The molecule has 0 saturated heterocycles. The molecule has 0 bridgehead atoms. The van der Waals surface area contributed by atoms with Crippen LogP contribution in [0.3, 0.4) is 0 Å². The van der Waals surface area contributed by atoms with E-state index in [2.05, 4.69) is 17.9 Å². The number of hydrogen-bond donors (Lipinski definition) is 2. The molecule has 0 atom stereocenters. The van der Waals surface area contributed by atoms with Crippen molar-refractivity contribution < 1.29 is 9.59 Å². The second kappa shape index (κ2) is 5.91. The van der Waals surface area contributed by atoms with Gasteiger partial charge in [0.25, 0.3) is 5.91 Å². The molecule has 4 nitrogen and oxygen atoms in total. The molecule has 1 aromatic rings. The number of hydrogen-bond acceptors (Lipinski definition) is 4. The first-order valence-electron chi connectivity index (χ1n) is 4.84. The minimum Gasteiger partial charge on any atom is -0.355 e. The second-order valence-corrected chi connectivity index (χ2v) is 4.71. The third-order valence-electron chi connectivity index (χ3n) is 1.90. The number of carbonyl (C=O) groups excluding carboxylic acids is 2. The fourth-order valence-electron chi connectivity index (χ4n) is 1.17. The summed E-state index contributed by atoms with van der Waals surface area (Å²) in [6.45, 7) is 2.49. The molecule has 0 unspecified atom stereocenters. The fraction of sp³-hybridized carbons (Fsp3) is 0.400. The van der Waals surface area contributed by atoms with E-state index in [1.54, 1.807) is 18.5 Å². The van der Waals surface area contributed by atoms with Crippen LogP contribution >= 0.6 is 24.0 Å². The molecule has 0 radical (unpaired) electrons. The molecule has 6 heteroatoms. The Kier molecular flexibility index (Phi) is 4.82. The van der Waals surface area contributed by atoms with E-state index in [0.29, 0.717) is 11.4 Å². The molecule has 1 aromatic heterocycles. The van der Waals surface area contributed by atoms with E-state index in [1.807, 2.05) is 6.92 Å². The Morgan fingerprint density at radius 1 is 1.56 bits per heavy atom. The molecular formula is C10H14N2O2S2. The van der Waals surface area contributed by atoms with E-state index in [4.69, 9.17) is 0 Å². The number of nitrogens with one attached hydrogen (secondary N) is 1. The highest BCUT2D eigenvalue weighted by molar-refractivity contribution is 7.80. The molecule has 1 rings (SSSR count). The van der Waals surface area contributed by atoms with Gasteiger partial charge in [-0.05, 0) is 13.0 Å². The standard InChI is InChI=1S/C10H14N2O2S2/c1-3-11-9(13)5-12(2)10(14)8-4-7(15)6-16-8/h4,6,15H,3,5H2,1-2H3,(H,11,13). The fourth-order valence-corrected chi connectivity index (χ4v) is 2.31. The van der Waals surface area contributed by atoms with Crippen LogP contribution in [0, 0.1) is 0 Å². The number of rotatable bonds is 4. The summed E-state index contributed by atoms with van der Waals surface area (Å²) in [7, 11) is 1.61. The third kappa shape index (κ3) is 3.53. The van der Waals surface area contributed by atoms with Crippen molar-refractivity contribution >= 4 is 35.8 Å². The molecule has 16 heavy (non-hydrogen) atoms. The topological polar surface area (TPSA) is 49.4 Å². The molecule has 0 fully saturated rings. The average Bonchev–Trinajstić information content (AvgIpc) is 2.64. The van der Waals surface area contributed by atoms with Crippen LogP contribution in [0.1, 0.15) is 16.6 Å². The Morgan fingerprint density at radius 3 is 2.75 bits per heavy atom. The van der Waals surface area contributed by atoms with Crippen LogP contribution in [0.15, 0.2) is 16.3 Å². The number of carbonyl (C=O) groups is 2. The molecular weight excluding hydrogens is 244 g/mol. The summed E-state index contributed by atoms with van der Waals surface area (Å²) in [5, 5.41) is 4.43. The van der Waals surface area contributed by atoms with E-state index in [1.165, 1.54) is 16.2 Å². The zero-order valence-corrected chi connectivity index (χ0v) is 10.9. The van der Waals surface area contributed by atoms with Crippen molar-refractivity contribution in [1.29, 1.82) is 0 Å². The molecule has 0 spiro atoms. The number of thiophene rings is 1. The molecule has 0 aliphatic carbocycles. The first-order valence-corrected chi connectivity index (χ1v) is 6.17. The van der Waals surface area contributed by atoms with E-state index >= 15 is 0 Å². The van der Waals surface area contributed by atoms with Gasteiger partial charge < -0.3 is 10.2 Å². The van der Waals surface area contributed by atoms with E-state index in [0.717, 1.165) is 4.90 Å². The van der Waals surface area contributed by atoms with Gasteiger partial charge in [0.1, 0.15) is 0 Å². The van der Waals surface area contributed by atoms with Gasteiger partial charge in [0.15, 0.2) is 0 Å². The molecule has 0 saturated carbocycles. The smallest absolute Gasteiger partial charge is 0.264 e. The lowest BCUT2D eigenvalue weighted by Gasteiger charge is -2.15. The quantitative estimate of drug-likeness (QED) is 0.798. The van der Waals surface area contributed by atoms with Gasteiger partial charge in [0.2, 0.25) is 5.91 Å². The number of nitrogens with zero attached hydrogens (tertiary/aromatic N) is 1. The van der Waals surface area contributed by atoms with Crippen molar-refractivity contribution in [2.24, 2.45) is 0 Å². The van der Waals surface area contributed by atoms with Gasteiger partial charge in [-0.3, -0.25) is 9.59 Å². The molecule has 88 valence electrons. The Balaban J connectivity index is 2.57. The molecule has 0 aromatic carbocycles. The number of thiol groups is 1. The van der Waals surface area contributed by atoms with Crippen LogP contribution in [-0.2, 0) is 4.79 Å². The van der Waals surface area contributed by atoms with E-state index < -0.39 is 0 Å². The van der Waals surface area contributed by atoms with Gasteiger partial charge in [0, 0.05) is 23.9 Å². The van der Waals surface area contributed by atoms with Crippen molar-refractivity contribution in [2.75, 3.05) is 20.1 Å². The van der Waals surface area contributed by atoms with Gasteiger partial charge in [-0.25, -0.2) is 0 Å². The van der Waals surface area contributed by atoms with E-state index in [-0.39, 0.29) is 18.4 Å². The summed E-state index contributed by atoms with van der Waals surface area (Å²) >= 11 is 5.46. The summed E-state index contributed by atoms with van der Waals surface area (Å²) in [4.78, 5) is 25.8. The van der Waals surface area contributed by atoms with Crippen molar-refractivity contribution in [3.05, 3.63) is 16.3 Å². The Morgan fingerprint density at radius 2 is 2.25 bits per heavy atom. The van der Waals surface area contributed by atoms with Crippen LogP contribution < -0.4 is 5.32 Å². The first-order chi connectivity index (χ1) is 7.54. The average molecular weight is 258 g/mol. The lowest BCUT2D eigenvalue weighted by Crippen LogP contribution is -2.37. The second-order valence-electron chi connectivity index (χ2n) is 3.28.